The minimum atomic E-state index is -0.242. The van der Waals surface area contributed by atoms with E-state index in [1.807, 2.05) is 6.92 Å². The summed E-state index contributed by atoms with van der Waals surface area (Å²) in [5.74, 6) is 0.346. The molecule has 0 amide bonds. The molecule has 0 bridgehead atoms. The molecular weight excluding hydrogens is 142 g/mol. The minimum absolute atomic E-state index is 0.0900. The molecule has 0 radical (unpaired) electrons. The Kier molecular flexibility index (Phi) is 2.85. The van der Waals surface area contributed by atoms with E-state index in [4.69, 9.17) is 0 Å². The summed E-state index contributed by atoms with van der Waals surface area (Å²) in [5.41, 5.74) is 0. The van der Waals surface area contributed by atoms with Gasteiger partial charge in [-0.05, 0) is 19.3 Å². The summed E-state index contributed by atoms with van der Waals surface area (Å²) in [6, 6.07) is -0.242. The van der Waals surface area contributed by atoms with Gasteiger partial charge in [0.2, 0.25) is 6.04 Å². The number of nitro groups is 1. The predicted molar refractivity (Wildman–Crippen MR) is 43.0 cm³/mol. The molecule has 1 rings (SSSR count). The van der Waals surface area contributed by atoms with E-state index in [1.165, 1.54) is 6.42 Å². The van der Waals surface area contributed by atoms with E-state index in [-0.39, 0.29) is 11.0 Å². The molecule has 0 aliphatic heterocycles. The van der Waals surface area contributed by atoms with E-state index < -0.39 is 0 Å². The van der Waals surface area contributed by atoms with Crippen molar-refractivity contribution in [1.82, 2.24) is 0 Å². The van der Waals surface area contributed by atoms with Gasteiger partial charge in [-0.25, -0.2) is 0 Å². The SMILES string of the molecule is CC[C@@H]1CCCC[C@H]1[N+](=O)[O-]. The van der Waals surface area contributed by atoms with Gasteiger partial charge in [0.05, 0.1) is 0 Å². The molecule has 1 aliphatic carbocycles. The fraction of sp³-hybridized carbons (Fsp3) is 1.00. The van der Waals surface area contributed by atoms with E-state index in [9.17, 15) is 10.1 Å². The Hall–Kier alpha value is -0.600. The van der Waals surface area contributed by atoms with E-state index in [2.05, 4.69) is 0 Å². The lowest BCUT2D eigenvalue weighted by Gasteiger charge is -2.23. The zero-order valence-electron chi connectivity index (χ0n) is 6.95. The molecule has 0 saturated heterocycles. The van der Waals surface area contributed by atoms with Crippen LogP contribution < -0.4 is 0 Å². The third kappa shape index (κ3) is 1.91. The van der Waals surface area contributed by atoms with Crippen molar-refractivity contribution in [2.45, 2.75) is 45.1 Å². The summed E-state index contributed by atoms with van der Waals surface area (Å²) in [7, 11) is 0. The second-order valence-corrected chi connectivity index (χ2v) is 3.31. The lowest BCUT2D eigenvalue weighted by molar-refractivity contribution is -0.535. The Morgan fingerprint density at radius 1 is 1.45 bits per heavy atom. The van der Waals surface area contributed by atoms with Crippen LogP contribution in [0.25, 0.3) is 0 Å². The smallest absolute Gasteiger partial charge is 0.215 e. The van der Waals surface area contributed by atoms with Gasteiger partial charge >= 0.3 is 0 Å². The minimum Gasteiger partial charge on any atom is -0.264 e. The van der Waals surface area contributed by atoms with Crippen molar-refractivity contribution in [3.05, 3.63) is 10.1 Å². The van der Waals surface area contributed by atoms with Gasteiger partial charge in [0.25, 0.3) is 0 Å². The average molecular weight is 157 g/mol. The lowest BCUT2D eigenvalue weighted by Crippen LogP contribution is -2.31. The first kappa shape index (κ1) is 8.50. The molecular formula is C8H15NO2. The van der Waals surface area contributed by atoms with Crippen molar-refractivity contribution in [2.24, 2.45) is 5.92 Å². The molecule has 0 spiro atoms. The van der Waals surface area contributed by atoms with Gasteiger partial charge in [-0.2, -0.15) is 0 Å². The number of hydrogen-bond acceptors (Lipinski definition) is 2. The standard InChI is InChI=1S/C8H15NO2/c1-2-7-5-3-4-6-8(7)9(10)11/h7-8H,2-6H2,1H3/t7-,8-/m1/s1. The zero-order chi connectivity index (χ0) is 8.27. The molecule has 0 N–H and O–H groups in total. The fourth-order valence-electron chi connectivity index (χ4n) is 1.94. The third-order valence-electron chi connectivity index (χ3n) is 2.66. The normalized spacial score (nSPS) is 31.7. The molecule has 1 saturated carbocycles. The molecule has 3 heteroatoms. The van der Waals surface area contributed by atoms with Crippen molar-refractivity contribution in [1.29, 1.82) is 0 Å². The van der Waals surface area contributed by atoms with E-state index in [0.29, 0.717) is 5.92 Å². The summed E-state index contributed by atoms with van der Waals surface area (Å²) in [6.45, 7) is 2.05. The van der Waals surface area contributed by atoms with Crippen LogP contribution in [0.3, 0.4) is 0 Å². The predicted octanol–water partition coefficient (Wildman–Crippen LogP) is 2.23. The van der Waals surface area contributed by atoms with E-state index >= 15 is 0 Å². The monoisotopic (exact) mass is 157 g/mol. The van der Waals surface area contributed by atoms with Crippen LogP contribution in [0.4, 0.5) is 0 Å². The second-order valence-electron chi connectivity index (χ2n) is 3.31. The van der Waals surface area contributed by atoms with Crippen LogP contribution in [0.2, 0.25) is 0 Å². The maximum absolute atomic E-state index is 10.5. The molecule has 11 heavy (non-hydrogen) atoms. The Balaban J connectivity index is 2.51. The fourth-order valence-corrected chi connectivity index (χ4v) is 1.94. The summed E-state index contributed by atoms with van der Waals surface area (Å²) < 4.78 is 0. The van der Waals surface area contributed by atoms with Gasteiger partial charge in [0, 0.05) is 17.3 Å². The Bertz CT molecular complexity index is 147. The average Bonchev–Trinajstić information content (AvgIpc) is 2.04. The van der Waals surface area contributed by atoms with Crippen LogP contribution in [-0.4, -0.2) is 11.0 Å². The van der Waals surface area contributed by atoms with Crippen LogP contribution in [0.1, 0.15) is 39.0 Å². The molecule has 64 valence electrons. The Morgan fingerprint density at radius 3 is 2.55 bits per heavy atom. The van der Waals surface area contributed by atoms with Gasteiger partial charge in [-0.3, -0.25) is 10.1 Å². The Morgan fingerprint density at radius 2 is 2.09 bits per heavy atom. The molecule has 3 nitrogen and oxygen atoms in total. The number of rotatable bonds is 2. The third-order valence-corrected chi connectivity index (χ3v) is 2.66. The summed E-state index contributed by atoms with van der Waals surface area (Å²) >= 11 is 0. The molecule has 0 unspecified atom stereocenters. The van der Waals surface area contributed by atoms with Crippen LogP contribution in [-0.2, 0) is 0 Å². The molecule has 2 atom stereocenters. The lowest BCUT2D eigenvalue weighted by atomic mass is 9.83. The van der Waals surface area contributed by atoms with Crippen molar-refractivity contribution in [3.63, 3.8) is 0 Å². The van der Waals surface area contributed by atoms with Gasteiger partial charge in [-0.15, -0.1) is 0 Å². The largest absolute Gasteiger partial charge is 0.264 e. The summed E-state index contributed by atoms with van der Waals surface area (Å²) in [5, 5.41) is 10.5. The first-order valence-corrected chi connectivity index (χ1v) is 4.39. The van der Waals surface area contributed by atoms with Crippen molar-refractivity contribution in [2.75, 3.05) is 0 Å². The van der Waals surface area contributed by atoms with Gasteiger partial charge in [0.1, 0.15) is 0 Å². The van der Waals surface area contributed by atoms with Gasteiger partial charge in [-0.1, -0.05) is 13.3 Å². The number of nitrogens with zero attached hydrogens (tertiary/aromatic N) is 1. The van der Waals surface area contributed by atoms with Crippen LogP contribution >= 0.6 is 0 Å². The van der Waals surface area contributed by atoms with Crippen LogP contribution in [0.5, 0.6) is 0 Å². The maximum Gasteiger partial charge on any atom is 0.215 e. The van der Waals surface area contributed by atoms with Gasteiger partial charge < -0.3 is 0 Å². The van der Waals surface area contributed by atoms with Crippen molar-refractivity contribution < 1.29 is 4.92 Å². The molecule has 1 fully saturated rings. The highest BCUT2D eigenvalue weighted by Crippen LogP contribution is 2.28. The first-order chi connectivity index (χ1) is 5.25. The molecule has 0 aromatic rings. The van der Waals surface area contributed by atoms with Crippen molar-refractivity contribution in [3.8, 4) is 0 Å². The molecule has 0 aromatic heterocycles. The van der Waals surface area contributed by atoms with Crippen molar-refractivity contribution >= 4 is 0 Å². The maximum atomic E-state index is 10.5. The topological polar surface area (TPSA) is 43.1 Å². The highest BCUT2D eigenvalue weighted by atomic mass is 16.6. The number of hydrogen-bond donors (Lipinski definition) is 0. The van der Waals surface area contributed by atoms with Gasteiger partial charge in [0.15, 0.2) is 0 Å². The quantitative estimate of drug-likeness (QED) is 0.455. The summed E-state index contributed by atoms with van der Waals surface area (Å²) in [4.78, 5) is 10.4. The molecule has 0 heterocycles. The van der Waals surface area contributed by atoms with Crippen LogP contribution in [0.15, 0.2) is 0 Å². The molecule has 0 aromatic carbocycles. The van der Waals surface area contributed by atoms with E-state index in [0.717, 1.165) is 25.7 Å². The highest BCUT2D eigenvalue weighted by Gasteiger charge is 2.32. The molecule has 1 aliphatic rings. The van der Waals surface area contributed by atoms with E-state index in [1.54, 1.807) is 0 Å². The summed E-state index contributed by atoms with van der Waals surface area (Å²) in [6.07, 6.45) is 5.05. The van der Waals surface area contributed by atoms with Crippen LogP contribution in [0, 0.1) is 16.0 Å². The highest BCUT2D eigenvalue weighted by molar-refractivity contribution is 4.73. The Labute approximate surface area is 66.9 Å². The second kappa shape index (κ2) is 3.69. The first-order valence-electron chi connectivity index (χ1n) is 4.39. The zero-order valence-corrected chi connectivity index (χ0v) is 6.95.